The average molecular weight is 218 g/mol. The molecule has 1 fully saturated rings. The maximum Gasteiger partial charge on any atom is 0.0237 e. The van der Waals surface area contributed by atoms with Crippen LogP contribution in [0.5, 0.6) is 0 Å². The number of nitrogens with one attached hydrogen (secondary N) is 1. The zero-order chi connectivity index (χ0) is 11.5. The van der Waals surface area contributed by atoms with Crippen molar-refractivity contribution in [3.63, 3.8) is 0 Å². The van der Waals surface area contributed by atoms with Gasteiger partial charge in [0.1, 0.15) is 0 Å². The molecular formula is C14H22N2. The molecule has 2 unspecified atom stereocenters. The van der Waals surface area contributed by atoms with Gasteiger partial charge in [0.05, 0.1) is 0 Å². The zero-order valence-corrected chi connectivity index (χ0v) is 10.5. The average Bonchev–Trinajstić information content (AvgIpc) is 2.24. The van der Waals surface area contributed by atoms with Crippen LogP contribution in [0.2, 0.25) is 0 Å². The number of hydrogen-bond acceptors (Lipinski definition) is 2. The maximum atomic E-state index is 3.52. The highest BCUT2D eigenvalue weighted by atomic mass is 15.2. The molecule has 88 valence electrons. The Morgan fingerprint density at radius 2 is 2.19 bits per heavy atom. The van der Waals surface area contributed by atoms with Gasteiger partial charge in [-0.05, 0) is 26.3 Å². The number of benzene rings is 1. The van der Waals surface area contributed by atoms with E-state index >= 15 is 0 Å². The van der Waals surface area contributed by atoms with Gasteiger partial charge in [-0.2, -0.15) is 0 Å². The van der Waals surface area contributed by atoms with Gasteiger partial charge in [0.15, 0.2) is 0 Å². The summed E-state index contributed by atoms with van der Waals surface area (Å²) in [4.78, 5) is 2.57. The number of nitrogens with zero attached hydrogens (tertiary/aromatic N) is 1. The van der Waals surface area contributed by atoms with Gasteiger partial charge in [0.2, 0.25) is 0 Å². The van der Waals surface area contributed by atoms with Gasteiger partial charge in [0, 0.05) is 31.7 Å². The largest absolute Gasteiger partial charge is 0.311 e. The summed E-state index contributed by atoms with van der Waals surface area (Å²) in [6.45, 7) is 10.0. The summed E-state index contributed by atoms with van der Waals surface area (Å²) in [5, 5.41) is 3.52. The molecule has 0 aliphatic carbocycles. The first-order valence-electron chi connectivity index (χ1n) is 6.18. The highest BCUT2D eigenvalue weighted by Gasteiger charge is 2.21. The van der Waals surface area contributed by atoms with Gasteiger partial charge in [-0.15, -0.1) is 0 Å². The van der Waals surface area contributed by atoms with Crippen molar-refractivity contribution in [3.8, 4) is 0 Å². The number of rotatable bonds is 2. The molecule has 1 N–H and O–H groups in total. The topological polar surface area (TPSA) is 15.3 Å². The van der Waals surface area contributed by atoms with Crippen LogP contribution in [0.25, 0.3) is 0 Å². The SMILES string of the molecule is Cc1cccc(CN2CC(C)NCC2C)c1. The maximum absolute atomic E-state index is 3.52. The van der Waals surface area contributed by atoms with Crippen molar-refractivity contribution in [1.29, 1.82) is 0 Å². The Labute approximate surface area is 98.7 Å². The Hall–Kier alpha value is -0.860. The van der Waals surface area contributed by atoms with Crippen LogP contribution < -0.4 is 5.32 Å². The van der Waals surface area contributed by atoms with Gasteiger partial charge in [-0.25, -0.2) is 0 Å². The van der Waals surface area contributed by atoms with Gasteiger partial charge >= 0.3 is 0 Å². The van der Waals surface area contributed by atoms with Gasteiger partial charge < -0.3 is 5.32 Å². The first-order valence-corrected chi connectivity index (χ1v) is 6.18. The Morgan fingerprint density at radius 1 is 1.38 bits per heavy atom. The molecule has 1 aromatic rings. The molecule has 1 heterocycles. The van der Waals surface area contributed by atoms with E-state index in [9.17, 15) is 0 Å². The first-order chi connectivity index (χ1) is 7.65. The molecule has 2 atom stereocenters. The van der Waals surface area contributed by atoms with Crippen LogP contribution in [-0.2, 0) is 6.54 Å². The van der Waals surface area contributed by atoms with Crippen LogP contribution in [0.3, 0.4) is 0 Å². The first kappa shape index (κ1) is 11.6. The second-order valence-corrected chi connectivity index (χ2v) is 5.08. The van der Waals surface area contributed by atoms with E-state index < -0.39 is 0 Å². The molecule has 2 heteroatoms. The molecule has 2 rings (SSSR count). The van der Waals surface area contributed by atoms with E-state index in [4.69, 9.17) is 0 Å². The van der Waals surface area contributed by atoms with E-state index in [1.807, 2.05) is 0 Å². The summed E-state index contributed by atoms with van der Waals surface area (Å²) in [6.07, 6.45) is 0. The van der Waals surface area contributed by atoms with E-state index in [-0.39, 0.29) is 0 Å². The van der Waals surface area contributed by atoms with E-state index in [0.29, 0.717) is 12.1 Å². The quantitative estimate of drug-likeness (QED) is 0.818. The molecule has 1 aromatic carbocycles. The van der Waals surface area contributed by atoms with Crippen LogP contribution in [0, 0.1) is 6.92 Å². The Kier molecular flexibility index (Phi) is 3.62. The summed E-state index contributed by atoms with van der Waals surface area (Å²) < 4.78 is 0. The predicted octanol–water partition coefficient (Wildman–Crippen LogP) is 2.18. The summed E-state index contributed by atoms with van der Waals surface area (Å²) in [5.74, 6) is 0. The second kappa shape index (κ2) is 4.98. The Balaban J connectivity index is 2.02. The van der Waals surface area contributed by atoms with Crippen molar-refractivity contribution in [2.75, 3.05) is 13.1 Å². The fourth-order valence-corrected chi connectivity index (χ4v) is 2.36. The third-order valence-corrected chi connectivity index (χ3v) is 3.36. The standard InChI is InChI=1S/C14H22N2/c1-11-5-4-6-14(7-11)10-16-9-12(2)15-8-13(16)3/h4-7,12-13,15H,8-10H2,1-3H3. The van der Waals surface area contributed by atoms with Crippen LogP contribution in [0.4, 0.5) is 0 Å². The lowest BCUT2D eigenvalue weighted by atomic mass is 10.1. The Bertz CT molecular complexity index is 348. The molecular weight excluding hydrogens is 196 g/mol. The van der Waals surface area contributed by atoms with Crippen LogP contribution in [-0.4, -0.2) is 30.1 Å². The second-order valence-electron chi connectivity index (χ2n) is 5.08. The van der Waals surface area contributed by atoms with Gasteiger partial charge in [0.25, 0.3) is 0 Å². The van der Waals surface area contributed by atoms with Crippen molar-refractivity contribution in [3.05, 3.63) is 35.4 Å². The summed E-state index contributed by atoms with van der Waals surface area (Å²) in [5.41, 5.74) is 2.79. The number of aryl methyl sites for hydroxylation is 1. The van der Waals surface area contributed by atoms with E-state index in [2.05, 4.69) is 55.3 Å². The molecule has 2 nitrogen and oxygen atoms in total. The van der Waals surface area contributed by atoms with Crippen LogP contribution in [0.15, 0.2) is 24.3 Å². The fraction of sp³-hybridized carbons (Fsp3) is 0.571. The van der Waals surface area contributed by atoms with Gasteiger partial charge in [-0.1, -0.05) is 29.8 Å². The molecule has 0 spiro atoms. The van der Waals surface area contributed by atoms with E-state index in [1.54, 1.807) is 0 Å². The molecule has 0 bridgehead atoms. The smallest absolute Gasteiger partial charge is 0.0237 e. The van der Waals surface area contributed by atoms with Crippen molar-refractivity contribution in [2.45, 2.75) is 39.4 Å². The molecule has 1 saturated heterocycles. The summed E-state index contributed by atoms with van der Waals surface area (Å²) >= 11 is 0. The molecule has 0 aromatic heterocycles. The lowest BCUT2D eigenvalue weighted by Crippen LogP contribution is -2.53. The zero-order valence-electron chi connectivity index (χ0n) is 10.5. The molecule has 0 radical (unpaired) electrons. The summed E-state index contributed by atoms with van der Waals surface area (Å²) in [6, 6.07) is 10.1. The lowest BCUT2D eigenvalue weighted by Gasteiger charge is -2.37. The minimum atomic E-state index is 0.612. The third kappa shape index (κ3) is 2.83. The minimum Gasteiger partial charge on any atom is -0.311 e. The van der Waals surface area contributed by atoms with E-state index in [1.165, 1.54) is 11.1 Å². The molecule has 16 heavy (non-hydrogen) atoms. The minimum absolute atomic E-state index is 0.612. The molecule has 0 saturated carbocycles. The highest BCUT2D eigenvalue weighted by Crippen LogP contribution is 2.13. The summed E-state index contributed by atoms with van der Waals surface area (Å²) in [7, 11) is 0. The predicted molar refractivity (Wildman–Crippen MR) is 68.5 cm³/mol. The van der Waals surface area contributed by atoms with Crippen molar-refractivity contribution >= 4 is 0 Å². The van der Waals surface area contributed by atoms with Crippen molar-refractivity contribution in [2.24, 2.45) is 0 Å². The fourth-order valence-electron chi connectivity index (χ4n) is 2.36. The molecule has 1 aliphatic rings. The van der Waals surface area contributed by atoms with E-state index in [0.717, 1.165) is 19.6 Å². The Morgan fingerprint density at radius 3 is 2.94 bits per heavy atom. The number of hydrogen-bond donors (Lipinski definition) is 1. The molecule has 0 amide bonds. The van der Waals surface area contributed by atoms with Crippen molar-refractivity contribution < 1.29 is 0 Å². The third-order valence-electron chi connectivity index (χ3n) is 3.36. The lowest BCUT2D eigenvalue weighted by molar-refractivity contribution is 0.139. The number of piperazine rings is 1. The van der Waals surface area contributed by atoms with Crippen LogP contribution in [0.1, 0.15) is 25.0 Å². The monoisotopic (exact) mass is 218 g/mol. The molecule has 1 aliphatic heterocycles. The van der Waals surface area contributed by atoms with Crippen molar-refractivity contribution in [1.82, 2.24) is 10.2 Å². The van der Waals surface area contributed by atoms with Gasteiger partial charge in [-0.3, -0.25) is 4.90 Å². The van der Waals surface area contributed by atoms with Crippen LogP contribution >= 0.6 is 0 Å². The normalized spacial score (nSPS) is 26.9. The highest BCUT2D eigenvalue weighted by molar-refractivity contribution is 5.22.